The average Bonchev–Trinajstić information content (AvgIpc) is 2.84. The average molecular weight is 346 g/mol. The molecule has 0 radical (unpaired) electrons. The number of hydrogen-bond donors (Lipinski definition) is 0. The van der Waals surface area contributed by atoms with Gasteiger partial charge in [-0.1, -0.05) is 23.7 Å². The van der Waals surface area contributed by atoms with Crippen LogP contribution in [0, 0.1) is 0 Å². The van der Waals surface area contributed by atoms with Crippen LogP contribution in [0.5, 0.6) is 5.75 Å². The fourth-order valence-electron chi connectivity index (χ4n) is 2.40. The molecule has 1 aliphatic rings. The number of imide groups is 1. The van der Waals surface area contributed by atoms with Gasteiger partial charge in [0.1, 0.15) is 11.3 Å². The molecule has 2 amide bonds. The summed E-state index contributed by atoms with van der Waals surface area (Å²) in [6.45, 7) is -0.485. The smallest absolute Gasteiger partial charge is 0.343 e. The van der Waals surface area contributed by atoms with E-state index < -0.39 is 24.5 Å². The Morgan fingerprint density at radius 2 is 1.71 bits per heavy atom. The number of amides is 2. The molecule has 0 atom stereocenters. The first-order valence-electron chi connectivity index (χ1n) is 6.99. The van der Waals surface area contributed by atoms with Gasteiger partial charge in [-0.25, -0.2) is 9.69 Å². The summed E-state index contributed by atoms with van der Waals surface area (Å²) in [7, 11) is 1.41. The Labute approximate surface area is 142 Å². The van der Waals surface area contributed by atoms with Crippen LogP contribution in [0.2, 0.25) is 5.02 Å². The fourth-order valence-corrected chi connectivity index (χ4v) is 2.57. The topological polar surface area (TPSA) is 72.9 Å². The molecule has 0 saturated heterocycles. The molecular formula is C17H12ClNO5. The van der Waals surface area contributed by atoms with Gasteiger partial charge in [-0.3, -0.25) is 9.59 Å². The van der Waals surface area contributed by atoms with Gasteiger partial charge < -0.3 is 9.47 Å². The summed E-state index contributed by atoms with van der Waals surface area (Å²) >= 11 is 5.87. The third-order valence-electron chi connectivity index (χ3n) is 3.58. The number of methoxy groups -OCH3 is 1. The Balaban J connectivity index is 1.75. The van der Waals surface area contributed by atoms with E-state index in [9.17, 15) is 14.4 Å². The van der Waals surface area contributed by atoms with Crippen LogP contribution in [0.15, 0.2) is 42.5 Å². The van der Waals surface area contributed by atoms with E-state index in [0.717, 1.165) is 4.90 Å². The highest BCUT2D eigenvalue weighted by Gasteiger charge is 2.36. The number of carbonyl (C=O) groups is 3. The fraction of sp³-hybridized carbons (Fsp3) is 0.118. The van der Waals surface area contributed by atoms with E-state index in [0.29, 0.717) is 16.1 Å². The zero-order valence-corrected chi connectivity index (χ0v) is 13.4. The molecule has 0 N–H and O–H groups in total. The van der Waals surface area contributed by atoms with Crippen molar-refractivity contribution in [3.8, 4) is 5.75 Å². The van der Waals surface area contributed by atoms with Crippen molar-refractivity contribution in [1.29, 1.82) is 0 Å². The molecule has 1 heterocycles. The minimum atomic E-state index is -0.745. The zero-order valence-electron chi connectivity index (χ0n) is 12.6. The number of benzene rings is 2. The number of fused-ring (bicyclic) bond motifs is 1. The molecule has 0 aromatic heterocycles. The number of carbonyl (C=O) groups excluding carboxylic acids is 3. The van der Waals surface area contributed by atoms with Crippen LogP contribution in [0.1, 0.15) is 31.1 Å². The molecule has 24 heavy (non-hydrogen) atoms. The second-order valence-corrected chi connectivity index (χ2v) is 5.43. The van der Waals surface area contributed by atoms with Gasteiger partial charge in [-0.05, 0) is 30.3 Å². The molecule has 0 unspecified atom stereocenters. The summed E-state index contributed by atoms with van der Waals surface area (Å²) in [6, 6.07) is 10.9. The molecule has 0 bridgehead atoms. The third kappa shape index (κ3) is 2.72. The molecule has 122 valence electrons. The molecule has 6 nitrogen and oxygen atoms in total. The number of halogens is 1. The molecule has 0 spiro atoms. The Morgan fingerprint density at radius 3 is 2.29 bits per heavy atom. The second kappa shape index (κ2) is 6.33. The van der Waals surface area contributed by atoms with E-state index in [1.807, 2.05) is 0 Å². The monoisotopic (exact) mass is 345 g/mol. The maximum atomic E-state index is 12.2. The van der Waals surface area contributed by atoms with Crippen LogP contribution in [0.25, 0.3) is 0 Å². The molecular weight excluding hydrogens is 334 g/mol. The zero-order chi connectivity index (χ0) is 17.3. The lowest BCUT2D eigenvalue weighted by atomic mass is 10.1. The first-order valence-corrected chi connectivity index (χ1v) is 7.36. The van der Waals surface area contributed by atoms with E-state index in [1.54, 1.807) is 30.3 Å². The van der Waals surface area contributed by atoms with Crippen molar-refractivity contribution in [2.24, 2.45) is 0 Å². The second-order valence-electron chi connectivity index (χ2n) is 4.99. The molecule has 1 aliphatic heterocycles. The Bertz CT molecular complexity index is 814. The van der Waals surface area contributed by atoms with Crippen LogP contribution in [-0.2, 0) is 4.74 Å². The summed E-state index contributed by atoms with van der Waals surface area (Å²) in [5, 5.41) is 0.337. The van der Waals surface area contributed by atoms with Gasteiger partial charge in [0.05, 0.1) is 18.2 Å². The quantitative estimate of drug-likeness (QED) is 0.629. The predicted molar refractivity (Wildman–Crippen MR) is 85.2 cm³/mol. The van der Waals surface area contributed by atoms with Crippen LogP contribution in [0.3, 0.4) is 0 Å². The van der Waals surface area contributed by atoms with E-state index in [-0.39, 0.29) is 11.3 Å². The summed E-state index contributed by atoms with van der Waals surface area (Å²) < 4.78 is 10.2. The lowest BCUT2D eigenvalue weighted by Crippen LogP contribution is -2.33. The van der Waals surface area contributed by atoms with Gasteiger partial charge in [0.2, 0.25) is 0 Å². The first-order chi connectivity index (χ1) is 11.5. The number of hydrogen-bond acceptors (Lipinski definition) is 5. The van der Waals surface area contributed by atoms with Gasteiger partial charge in [-0.15, -0.1) is 0 Å². The summed E-state index contributed by atoms with van der Waals surface area (Å²) in [5.74, 6) is -1.46. The highest BCUT2D eigenvalue weighted by Crippen LogP contribution is 2.25. The van der Waals surface area contributed by atoms with E-state index in [4.69, 9.17) is 21.1 Å². The summed E-state index contributed by atoms with van der Waals surface area (Å²) in [4.78, 5) is 37.5. The lowest BCUT2D eigenvalue weighted by molar-refractivity contribution is 0.0226. The Morgan fingerprint density at radius 1 is 1.08 bits per heavy atom. The molecule has 0 saturated carbocycles. The number of nitrogens with zero attached hydrogens (tertiary/aromatic N) is 1. The van der Waals surface area contributed by atoms with Crippen LogP contribution in [0.4, 0.5) is 0 Å². The molecule has 0 fully saturated rings. The number of ether oxygens (including phenoxy) is 2. The maximum absolute atomic E-state index is 12.2. The van der Waals surface area contributed by atoms with Gasteiger partial charge in [0, 0.05) is 5.02 Å². The summed E-state index contributed by atoms with van der Waals surface area (Å²) in [6.07, 6.45) is 0. The third-order valence-corrected chi connectivity index (χ3v) is 3.82. The van der Waals surface area contributed by atoms with Crippen molar-refractivity contribution < 1.29 is 23.9 Å². The number of rotatable bonds is 4. The summed E-state index contributed by atoms with van der Waals surface area (Å²) in [5.41, 5.74) is 0.694. The lowest BCUT2D eigenvalue weighted by Gasteiger charge is -2.15. The van der Waals surface area contributed by atoms with Crippen LogP contribution < -0.4 is 4.74 Å². The highest BCUT2D eigenvalue weighted by molar-refractivity contribution is 6.31. The molecule has 2 aromatic carbocycles. The van der Waals surface area contributed by atoms with Gasteiger partial charge in [-0.2, -0.15) is 0 Å². The number of esters is 1. The van der Waals surface area contributed by atoms with E-state index in [2.05, 4.69) is 0 Å². The molecule has 7 heteroatoms. The first kappa shape index (κ1) is 16.0. The normalized spacial score (nSPS) is 13.0. The van der Waals surface area contributed by atoms with E-state index >= 15 is 0 Å². The van der Waals surface area contributed by atoms with Crippen molar-refractivity contribution in [2.45, 2.75) is 0 Å². The van der Waals surface area contributed by atoms with Crippen molar-refractivity contribution in [3.63, 3.8) is 0 Å². The van der Waals surface area contributed by atoms with Crippen molar-refractivity contribution in [2.75, 3.05) is 13.8 Å². The molecule has 0 aliphatic carbocycles. The van der Waals surface area contributed by atoms with Gasteiger partial charge in [0.15, 0.2) is 6.73 Å². The minimum Gasteiger partial charge on any atom is -0.496 e. The van der Waals surface area contributed by atoms with Crippen molar-refractivity contribution >= 4 is 29.4 Å². The SMILES string of the molecule is COc1ccc(Cl)cc1C(=O)OCN1C(=O)c2ccccc2C1=O. The standard InChI is InChI=1S/C17H12ClNO5/c1-23-14-7-6-10(18)8-13(14)17(22)24-9-19-15(20)11-4-2-3-5-12(11)16(19)21/h2-8H,9H2,1H3. The minimum absolute atomic E-state index is 0.113. The maximum Gasteiger partial charge on any atom is 0.343 e. The van der Waals surface area contributed by atoms with E-state index in [1.165, 1.54) is 19.2 Å². The van der Waals surface area contributed by atoms with Gasteiger partial charge in [0.25, 0.3) is 11.8 Å². The van der Waals surface area contributed by atoms with Gasteiger partial charge >= 0.3 is 5.97 Å². The van der Waals surface area contributed by atoms with Crippen LogP contribution in [-0.4, -0.2) is 36.5 Å². The molecule has 3 rings (SSSR count). The molecule has 2 aromatic rings. The highest BCUT2D eigenvalue weighted by atomic mass is 35.5. The Hall–Kier alpha value is -2.86. The van der Waals surface area contributed by atoms with Crippen molar-refractivity contribution in [3.05, 3.63) is 64.2 Å². The Kier molecular flexibility index (Phi) is 4.22. The van der Waals surface area contributed by atoms with Crippen molar-refractivity contribution in [1.82, 2.24) is 4.90 Å². The largest absolute Gasteiger partial charge is 0.496 e. The predicted octanol–water partition coefficient (Wildman–Crippen LogP) is 2.76. The van der Waals surface area contributed by atoms with Crippen LogP contribution >= 0.6 is 11.6 Å².